The molecule has 0 aliphatic heterocycles. The molecule has 0 saturated heterocycles. The first-order valence-electron chi connectivity index (χ1n) is 5.43. The summed E-state index contributed by atoms with van der Waals surface area (Å²) in [4.78, 5) is -0.0836. The monoisotopic (exact) mass is 282 g/mol. The molecule has 2 rings (SSSR count). The highest BCUT2D eigenvalue weighted by Crippen LogP contribution is 2.22. The third-order valence-corrected chi connectivity index (χ3v) is 3.88. The van der Waals surface area contributed by atoms with Crippen LogP contribution in [0.25, 0.3) is 0 Å². The fraction of sp³-hybridized carbons (Fsp3) is 0.182. The Labute approximate surface area is 110 Å². The molecular weight excluding hydrogens is 268 g/mol. The molecule has 0 amide bonds. The number of para-hydroxylation sites is 1. The van der Waals surface area contributed by atoms with Crippen LogP contribution in [0.4, 0.5) is 11.5 Å². The number of hydrogen-bond donors (Lipinski definition) is 3. The van der Waals surface area contributed by atoms with Gasteiger partial charge in [-0.2, -0.15) is 5.10 Å². The van der Waals surface area contributed by atoms with Gasteiger partial charge in [-0.05, 0) is 6.07 Å². The maximum atomic E-state index is 12.1. The number of nitrogens with zero attached hydrogens (tertiary/aromatic N) is 1. The molecule has 19 heavy (non-hydrogen) atoms. The van der Waals surface area contributed by atoms with E-state index in [1.165, 1.54) is 0 Å². The van der Waals surface area contributed by atoms with Gasteiger partial charge in [-0.1, -0.05) is 18.2 Å². The Morgan fingerprint density at radius 2 is 2.16 bits per heavy atom. The van der Waals surface area contributed by atoms with E-state index in [4.69, 9.17) is 10.5 Å². The van der Waals surface area contributed by atoms with Crippen molar-refractivity contribution in [1.29, 1.82) is 0 Å². The van der Waals surface area contributed by atoms with Gasteiger partial charge in [-0.3, -0.25) is 9.82 Å². The van der Waals surface area contributed by atoms with Gasteiger partial charge in [0, 0.05) is 12.7 Å². The topological polar surface area (TPSA) is 110 Å². The summed E-state index contributed by atoms with van der Waals surface area (Å²) in [6, 6.07) is 6.97. The molecule has 4 N–H and O–H groups in total. The second-order valence-electron chi connectivity index (χ2n) is 3.84. The van der Waals surface area contributed by atoms with Crippen LogP contribution in [0, 0.1) is 0 Å². The first-order valence-corrected chi connectivity index (χ1v) is 6.91. The number of ether oxygens (including phenoxy) is 1. The summed E-state index contributed by atoms with van der Waals surface area (Å²) in [5, 5.41) is 5.98. The van der Waals surface area contributed by atoms with Gasteiger partial charge in [0.05, 0.1) is 18.5 Å². The molecule has 0 spiro atoms. The summed E-state index contributed by atoms with van der Waals surface area (Å²) in [6.45, 7) is 0.305. The van der Waals surface area contributed by atoms with E-state index >= 15 is 0 Å². The van der Waals surface area contributed by atoms with Crippen LogP contribution in [-0.2, 0) is 21.4 Å². The number of sulfonamides is 1. The van der Waals surface area contributed by atoms with Gasteiger partial charge in [0.15, 0.2) is 0 Å². The molecule has 2 aromatic rings. The Bertz CT molecular complexity index is 666. The van der Waals surface area contributed by atoms with Gasteiger partial charge in [0.25, 0.3) is 10.0 Å². The lowest BCUT2D eigenvalue weighted by Gasteiger charge is -2.11. The standard InChI is InChI=1S/C11H14N4O3S/c1-18-7-8-4-2-3-5-9(8)15-19(16,17)10-6-13-14-11(10)12/h2-6,15H,7H2,1H3,(H3,12,13,14). The van der Waals surface area contributed by atoms with E-state index in [1.54, 1.807) is 31.4 Å². The van der Waals surface area contributed by atoms with Gasteiger partial charge >= 0.3 is 0 Å². The SMILES string of the molecule is COCc1ccccc1NS(=O)(=O)c1cn[nH]c1N. The Hall–Kier alpha value is -2.06. The van der Waals surface area contributed by atoms with Gasteiger partial charge in [0.1, 0.15) is 10.7 Å². The summed E-state index contributed by atoms with van der Waals surface area (Å²) in [5.74, 6) is -0.00303. The van der Waals surface area contributed by atoms with E-state index in [1.807, 2.05) is 0 Å². The largest absolute Gasteiger partial charge is 0.383 e. The summed E-state index contributed by atoms with van der Waals surface area (Å²) < 4.78 is 31.8. The molecule has 0 radical (unpaired) electrons. The molecule has 1 aromatic heterocycles. The average molecular weight is 282 g/mol. The number of nitrogens with one attached hydrogen (secondary N) is 2. The zero-order valence-corrected chi connectivity index (χ0v) is 11.1. The lowest BCUT2D eigenvalue weighted by atomic mass is 10.2. The molecule has 0 saturated carbocycles. The summed E-state index contributed by atoms with van der Waals surface area (Å²) in [6.07, 6.45) is 1.16. The van der Waals surface area contributed by atoms with E-state index in [0.717, 1.165) is 11.8 Å². The third-order valence-electron chi connectivity index (χ3n) is 2.48. The Kier molecular flexibility index (Phi) is 3.72. The number of hydrogen-bond acceptors (Lipinski definition) is 5. The van der Waals surface area contributed by atoms with Crippen LogP contribution in [0.1, 0.15) is 5.56 Å². The maximum Gasteiger partial charge on any atom is 0.267 e. The number of anilines is 2. The number of aromatic amines is 1. The number of nitrogens with two attached hydrogens (primary N) is 1. The number of aromatic nitrogens is 2. The zero-order valence-electron chi connectivity index (χ0n) is 10.3. The molecule has 1 aromatic carbocycles. The van der Waals surface area contributed by atoms with E-state index in [-0.39, 0.29) is 10.7 Å². The lowest BCUT2D eigenvalue weighted by Crippen LogP contribution is -2.15. The van der Waals surface area contributed by atoms with Crippen LogP contribution < -0.4 is 10.5 Å². The van der Waals surface area contributed by atoms with Crippen LogP contribution in [0.2, 0.25) is 0 Å². The minimum atomic E-state index is -3.77. The molecule has 0 atom stereocenters. The molecule has 8 heteroatoms. The molecule has 0 aliphatic rings. The second-order valence-corrected chi connectivity index (χ2v) is 5.49. The van der Waals surface area contributed by atoms with Crippen molar-refractivity contribution in [3.05, 3.63) is 36.0 Å². The number of nitrogen functional groups attached to an aromatic ring is 1. The number of benzene rings is 1. The minimum absolute atomic E-state index is 0.00303. The first-order chi connectivity index (χ1) is 9.04. The van der Waals surface area contributed by atoms with Crippen molar-refractivity contribution in [3.8, 4) is 0 Å². The highest BCUT2D eigenvalue weighted by molar-refractivity contribution is 7.92. The second kappa shape index (κ2) is 5.29. The molecule has 1 heterocycles. The van der Waals surface area contributed by atoms with Gasteiger partial charge in [-0.25, -0.2) is 8.42 Å². The molecular formula is C11H14N4O3S. The highest BCUT2D eigenvalue weighted by Gasteiger charge is 2.20. The van der Waals surface area contributed by atoms with E-state index in [0.29, 0.717) is 12.3 Å². The molecule has 0 bridgehead atoms. The van der Waals surface area contributed by atoms with Gasteiger partial charge in [0.2, 0.25) is 0 Å². The molecule has 7 nitrogen and oxygen atoms in total. The van der Waals surface area contributed by atoms with Crippen LogP contribution in [0.15, 0.2) is 35.4 Å². The zero-order chi connectivity index (χ0) is 13.9. The predicted octanol–water partition coefficient (Wildman–Crippen LogP) is 0.939. The van der Waals surface area contributed by atoms with Gasteiger partial charge in [-0.15, -0.1) is 0 Å². The number of H-pyrrole nitrogens is 1. The quantitative estimate of drug-likeness (QED) is 0.756. The van der Waals surface area contributed by atoms with Crippen LogP contribution in [-0.4, -0.2) is 25.7 Å². The van der Waals surface area contributed by atoms with Crippen LogP contribution in [0.3, 0.4) is 0 Å². The first kappa shape index (κ1) is 13.4. The highest BCUT2D eigenvalue weighted by atomic mass is 32.2. The predicted molar refractivity (Wildman–Crippen MR) is 71.0 cm³/mol. The molecule has 0 fully saturated rings. The average Bonchev–Trinajstić information content (AvgIpc) is 2.79. The minimum Gasteiger partial charge on any atom is -0.383 e. The Morgan fingerprint density at radius 3 is 2.79 bits per heavy atom. The van der Waals surface area contributed by atoms with Crippen LogP contribution >= 0.6 is 0 Å². The van der Waals surface area contributed by atoms with Crippen molar-refractivity contribution in [2.24, 2.45) is 0 Å². The number of rotatable bonds is 5. The van der Waals surface area contributed by atoms with E-state index < -0.39 is 10.0 Å². The van der Waals surface area contributed by atoms with Gasteiger partial charge < -0.3 is 10.5 Å². The summed E-state index contributed by atoms with van der Waals surface area (Å²) in [7, 11) is -2.22. The molecule has 0 aliphatic carbocycles. The van der Waals surface area contributed by atoms with Crippen LogP contribution in [0.5, 0.6) is 0 Å². The van der Waals surface area contributed by atoms with Crippen molar-refractivity contribution in [3.63, 3.8) is 0 Å². The number of methoxy groups -OCH3 is 1. The van der Waals surface area contributed by atoms with E-state index in [9.17, 15) is 8.42 Å². The Balaban J connectivity index is 2.34. The fourth-order valence-corrected chi connectivity index (χ4v) is 2.73. The lowest BCUT2D eigenvalue weighted by molar-refractivity contribution is 0.185. The summed E-state index contributed by atoms with van der Waals surface area (Å²) >= 11 is 0. The fourth-order valence-electron chi connectivity index (χ4n) is 1.60. The van der Waals surface area contributed by atoms with Crippen molar-refractivity contribution in [2.75, 3.05) is 17.6 Å². The van der Waals surface area contributed by atoms with Crippen molar-refractivity contribution in [1.82, 2.24) is 10.2 Å². The summed E-state index contributed by atoms with van der Waals surface area (Å²) in [5.41, 5.74) is 6.70. The normalized spacial score (nSPS) is 11.4. The smallest absolute Gasteiger partial charge is 0.267 e. The van der Waals surface area contributed by atoms with Crippen molar-refractivity contribution >= 4 is 21.5 Å². The van der Waals surface area contributed by atoms with Crippen molar-refractivity contribution < 1.29 is 13.2 Å². The molecule has 0 unspecified atom stereocenters. The molecule has 102 valence electrons. The maximum absolute atomic E-state index is 12.1. The van der Waals surface area contributed by atoms with E-state index in [2.05, 4.69) is 14.9 Å². The third kappa shape index (κ3) is 2.85. The van der Waals surface area contributed by atoms with Crippen molar-refractivity contribution in [2.45, 2.75) is 11.5 Å². The Morgan fingerprint density at radius 1 is 1.42 bits per heavy atom.